The van der Waals surface area contributed by atoms with Crippen LogP contribution < -0.4 is 4.90 Å². The largest absolute Gasteiger partial charge is 0.359 e. The number of carbonyl (C=O) groups excluding carboxylic acids is 2. The van der Waals surface area contributed by atoms with Gasteiger partial charge in [0.25, 0.3) is 5.69 Å². The van der Waals surface area contributed by atoms with E-state index in [0.29, 0.717) is 4.47 Å². The number of nitrogens with zero attached hydrogens (tertiary/aromatic N) is 2. The highest BCUT2D eigenvalue weighted by atomic mass is 79.9. The summed E-state index contributed by atoms with van der Waals surface area (Å²) in [4.78, 5) is 37.6. The summed E-state index contributed by atoms with van der Waals surface area (Å²) in [7, 11) is 0. The highest BCUT2D eigenvalue weighted by molar-refractivity contribution is 9.10. The average Bonchev–Trinajstić information content (AvgIpc) is 3.04. The van der Waals surface area contributed by atoms with Crippen molar-refractivity contribution >= 4 is 39.1 Å². The van der Waals surface area contributed by atoms with E-state index in [-0.39, 0.29) is 11.4 Å². The summed E-state index contributed by atoms with van der Waals surface area (Å²) in [5, 5.41) is 11.4. The summed E-state index contributed by atoms with van der Waals surface area (Å²) >= 11 is 3.18. The molecule has 0 aromatic heterocycles. The number of rotatable bonds is 2. The summed E-state index contributed by atoms with van der Waals surface area (Å²) in [5.41, 5.74) is -2.00. The van der Waals surface area contributed by atoms with Gasteiger partial charge in [0.15, 0.2) is 0 Å². The molecule has 0 aliphatic carbocycles. The van der Waals surface area contributed by atoms with Crippen LogP contribution in [0.4, 0.5) is 11.4 Å². The Morgan fingerprint density at radius 2 is 1.71 bits per heavy atom. The summed E-state index contributed by atoms with van der Waals surface area (Å²) < 4.78 is 6.42. The van der Waals surface area contributed by atoms with E-state index in [1.54, 1.807) is 32.1 Å². The lowest BCUT2D eigenvalue weighted by Gasteiger charge is -2.25. The number of ether oxygens (including phenoxy) is 1. The second kappa shape index (κ2) is 4.52. The monoisotopic (exact) mass is 392 g/mol. The molecule has 0 spiro atoms. The van der Waals surface area contributed by atoms with Gasteiger partial charge in [-0.15, -0.1) is 0 Å². The van der Waals surface area contributed by atoms with Crippen molar-refractivity contribution in [3.05, 3.63) is 44.9 Å². The molecule has 1 aromatic rings. The molecule has 3 heterocycles. The molecule has 1 aromatic carbocycles. The number of amides is 2. The van der Waals surface area contributed by atoms with E-state index in [9.17, 15) is 19.7 Å². The van der Waals surface area contributed by atoms with Gasteiger partial charge >= 0.3 is 0 Å². The fraction of sp³-hybridized carbons (Fsp3) is 0.375. The normalized spacial score (nSPS) is 36.5. The molecule has 24 heavy (non-hydrogen) atoms. The van der Waals surface area contributed by atoms with Crippen molar-refractivity contribution < 1.29 is 19.2 Å². The van der Waals surface area contributed by atoms with E-state index in [2.05, 4.69) is 15.9 Å². The Morgan fingerprint density at radius 3 is 2.21 bits per heavy atom. The van der Waals surface area contributed by atoms with Crippen molar-refractivity contribution in [3.63, 3.8) is 0 Å². The fourth-order valence-electron chi connectivity index (χ4n) is 4.10. The molecule has 0 N–H and O–H groups in total. The van der Waals surface area contributed by atoms with Crippen molar-refractivity contribution in [2.75, 3.05) is 4.90 Å². The van der Waals surface area contributed by atoms with Crippen LogP contribution in [0.5, 0.6) is 0 Å². The van der Waals surface area contributed by atoms with Crippen LogP contribution in [0, 0.1) is 22.0 Å². The van der Waals surface area contributed by atoms with Crippen LogP contribution >= 0.6 is 15.9 Å². The van der Waals surface area contributed by atoms with Crippen molar-refractivity contribution in [1.82, 2.24) is 0 Å². The summed E-state index contributed by atoms with van der Waals surface area (Å²) in [6, 6.07) is 4.28. The molecule has 4 atom stereocenters. The molecule has 0 unspecified atom stereocenters. The molecular formula is C16H13BrN2O5. The third-order valence-corrected chi connectivity index (χ3v) is 5.59. The molecule has 2 bridgehead atoms. The molecule has 4 rings (SSSR count). The van der Waals surface area contributed by atoms with Crippen LogP contribution in [0.25, 0.3) is 0 Å². The molecule has 2 amide bonds. The SMILES string of the molecule is C[C@@]12C=C[C@](C)(O1)[C@H]1C(=O)N(c3ccc(Br)cc3[N+](=O)[O-])C(=O)[C@H]12. The van der Waals surface area contributed by atoms with Crippen LogP contribution in [-0.2, 0) is 14.3 Å². The first-order valence-corrected chi connectivity index (χ1v) is 8.19. The number of halogens is 1. The van der Waals surface area contributed by atoms with Gasteiger partial charge in [0.05, 0.1) is 28.0 Å². The Kier molecular flexibility index (Phi) is 2.91. The summed E-state index contributed by atoms with van der Waals surface area (Å²) in [6.07, 6.45) is 3.61. The highest BCUT2D eigenvalue weighted by Crippen LogP contribution is 2.57. The maximum Gasteiger partial charge on any atom is 0.294 e. The van der Waals surface area contributed by atoms with Gasteiger partial charge in [-0.3, -0.25) is 19.7 Å². The zero-order chi connectivity index (χ0) is 17.4. The number of nitro groups is 1. The van der Waals surface area contributed by atoms with Gasteiger partial charge < -0.3 is 4.74 Å². The number of fused-ring (bicyclic) bond motifs is 5. The van der Waals surface area contributed by atoms with E-state index >= 15 is 0 Å². The van der Waals surface area contributed by atoms with Crippen molar-refractivity contribution in [2.24, 2.45) is 11.8 Å². The van der Waals surface area contributed by atoms with Crippen molar-refractivity contribution in [2.45, 2.75) is 25.0 Å². The second-order valence-electron chi connectivity index (χ2n) is 6.66. The number of hydrogen-bond acceptors (Lipinski definition) is 5. The van der Waals surface area contributed by atoms with E-state index in [0.717, 1.165) is 4.90 Å². The number of carbonyl (C=O) groups is 2. The molecular weight excluding hydrogens is 380 g/mol. The Hall–Kier alpha value is -2.06. The van der Waals surface area contributed by atoms with Crippen LogP contribution in [0.15, 0.2) is 34.8 Å². The van der Waals surface area contributed by atoms with Crippen molar-refractivity contribution in [1.29, 1.82) is 0 Å². The lowest BCUT2D eigenvalue weighted by molar-refractivity contribution is -0.384. The first-order valence-electron chi connectivity index (χ1n) is 7.40. The Balaban J connectivity index is 1.85. The molecule has 2 fully saturated rings. The predicted octanol–water partition coefficient (Wildman–Crippen LogP) is 2.58. The van der Waals surface area contributed by atoms with Gasteiger partial charge in [-0.25, -0.2) is 4.90 Å². The lowest BCUT2D eigenvalue weighted by atomic mass is 9.73. The van der Waals surface area contributed by atoms with E-state index < -0.39 is 39.8 Å². The molecule has 3 aliphatic heterocycles. The minimum atomic E-state index is -0.856. The third-order valence-electron chi connectivity index (χ3n) is 5.10. The lowest BCUT2D eigenvalue weighted by Crippen LogP contribution is -2.39. The van der Waals surface area contributed by atoms with E-state index in [1.807, 2.05) is 0 Å². The average molecular weight is 393 g/mol. The maximum absolute atomic E-state index is 13.0. The van der Waals surface area contributed by atoms with Gasteiger partial charge in [0, 0.05) is 10.5 Å². The standard InChI is InChI=1S/C16H13BrN2O5/c1-15-5-6-16(2,24-15)12-11(15)13(20)18(14(12)21)9-4-3-8(17)7-10(9)19(22)23/h3-7,11-12H,1-2H3/t11-,12+,15-,16-/m0/s1. The molecule has 124 valence electrons. The van der Waals surface area contributed by atoms with Gasteiger partial charge in [-0.2, -0.15) is 0 Å². The number of hydrogen-bond donors (Lipinski definition) is 0. The van der Waals surface area contributed by atoms with Gasteiger partial charge in [-0.05, 0) is 26.0 Å². The van der Waals surface area contributed by atoms with Crippen LogP contribution in [-0.4, -0.2) is 27.9 Å². The van der Waals surface area contributed by atoms with Crippen molar-refractivity contribution in [3.8, 4) is 0 Å². The van der Waals surface area contributed by atoms with Crippen LogP contribution in [0.1, 0.15) is 13.8 Å². The second-order valence-corrected chi connectivity index (χ2v) is 7.58. The molecule has 3 aliphatic rings. The Labute approximate surface area is 145 Å². The molecule has 0 saturated carbocycles. The maximum atomic E-state index is 13.0. The number of imide groups is 1. The molecule has 8 heteroatoms. The number of anilines is 1. The highest BCUT2D eigenvalue weighted by Gasteiger charge is 2.70. The summed E-state index contributed by atoms with van der Waals surface area (Å²) in [5.74, 6) is -2.23. The number of nitro benzene ring substituents is 1. The van der Waals surface area contributed by atoms with Gasteiger partial charge in [0.1, 0.15) is 5.69 Å². The molecule has 7 nitrogen and oxygen atoms in total. The van der Waals surface area contributed by atoms with Crippen LogP contribution in [0.2, 0.25) is 0 Å². The van der Waals surface area contributed by atoms with Gasteiger partial charge in [0.2, 0.25) is 11.8 Å². The summed E-state index contributed by atoms with van der Waals surface area (Å²) in [6.45, 7) is 3.54. The third kappa shape index (κ3) is 1.75. The first-order chi connectivity index (χ1) is 11.2. The molecule has 0 radical (unpaired) electrons. The Morgan fingerprint density at radius 1 is 1.17 bits per heavy atom. The van der Waals surface area contributed by atoms with Crippen LogP contribution in [0.3, 0.4) is 0 Å². The Bertz CT molecular complexity index is 817. The minimum Gasteiger partial charge on any atom is -0.359 e. The smallest absolute Gasteiger partial charge is 0.294 e. The van der Waals surface area contributed by atoms with E-state index in [4.69, 9.17) is 4.74 Å². The minimum absolute atomic E-state index is 0.000741. The topological polar surface area (TPSA) is 89.8 Å². The molecule has 2 saturated heterocycles. The quantitative estimate of drug-likeness (QED) is 0.334. The van der Waals surface area contributed by atoms with E-state index in [1.165, 1.54) is 12.1 Å². The van der Waals surface area contributed by atoms with Gasteiger partial charge in [-0.1, -0.05) is 28.1 Å². The zero-order valence-corrected chi connectivity index (χ0v) is 14.4. The fourth-order valence-corrected chi connectivity index (χ4v) is 4.45. The first kappa shape index (κ1) is 15.5. The predicted molar refractivity (Wildman–Crippen MR) is 87.3 cm³/mol. The zero-order valence-electron chi connectivity index (χ0n) is 12.9. The number of benzene rings is 1.